The molecule has 1 aliphatic carbocycles. The van der Waals surface area contributed by atoms with E-state index in [4.69, 9.17) is 0 Å². The summed E-state index contributed by atoms with van der Waals surface area (Å²) in [5, 5.41) is 12.6. The van der Waals surface area contributed by atoms with Gasteiger partial charge in [-0.15, -0.1) is 0 Å². The van der Waals surface area contributed by atoms with E-state index in [0.29, 0.717) is 18.5 Å². The second-order valence-electron chi connectivity index (χ2n) is 5.91. The molecule has 4 heteroatoms. The summed E-state index contributed by atoms with van der Waals surface area (Å²) < 4.78 is 0. The van der Waals surface area contributed by atoms with Crippen LogP contribution >= 0.6 is 0 Å². The summed E-state index contributed by atoms with van der Waals surface area (Å²) >= 11 is 0. The van der Waals surface area contributed by atoms with Gasteiger partial charge in [-0.3, -0.25) is 0 Å². The number of nitrogens with one attached hydrogen (secondary N) is 1. The SMILES string of the molecule is CC(O)CN(C(=O)NC1CCCCC1C)C(C)C. The van der Waals surface area contributed by atoms with Gasteiger partial charge in [0.05, 0.1) is 6.10 Å². The highest BCUT2D eigenvalue weighted by molar-refractivity contribution is 5.74. The van der Waals surface area contributed by atoms with Gasteiger partial charge in [0.2, 0.25) is 0 Å². The van der Waals surface area contributed by atoms with Crippen molar-refractivity contribution in [3.63, 3.8) is 0 Å². The molecule has 106 valence electrons. The molecule has 0 bridgehead atoms. The van der Waals surface area contributed by atoms with Gasteiger partial charge in [0.25, 0.3) is 0 Å². The molecule has 1 saturated carbocycles. The van der Waals surface area contributed by atoms with Gasteiger partial charge in [0, 0.05) is 18.6 Å². The van der Waals surface area contributed by atoms with E-state index >= 15 is 0 Å². The first-order valence-corrected chi connectivity index (χ1v) is 7.17. The zero-order valence-corrected chi connectivity index (χ0v) is 12.1. The number of urea groups is 1. The van der Waals surface area contributed by atoms with Crippen LogP contribution < -0.4 is 5.32 Å². The van der Waals surface area contributed by atoms with Crippen molar-refractivity contribution in [3.8, 4) is 0 Å². The molecule has 0 aromatic heterocycles. The number of rotatable bonds is 4. The maximum atomic E-state index is 12.2. The normalized spacial score (nSPS) is 25.9. The fourth-order valence-corrected chi connectivity index (χ4v) is 2.59. The van der Waals surface area contributed by atoms with E-state index in [2.05, 4.69) is 12.2 Å². The molecule has 4 nitrogen and oxygen atoms in total. The Bertz CT molecular complexity index is 267. The lowest BCUT2D eigenvalue weighted by atomic mass is 9.86. The zero-order chi connectivity index (χ0) is 13.7. The van der Waals surface area contributed by atoms with Crippen LogP contribution in [0.4, 0.5) is 4.79 Å². The molecule has 0 heterocycles. The van der Waals surface area contributed by atoms with E-state index in [1.807, 2.05) is 13.8 Å². The quantitative estimate of drug-likeness (QED) is 0.811. The van der Waals surface area contributed by atoms with Gasteiger partial charge in [-0.1, -0.05) is 19.8 Å². The lowest BCUT2D eigenvalue weighted by Gasteiger charge is -2.34. The fourth-order valence-electron chi connectivity index (χ4n) is 2.59. The molecule has 18 heavy (non-hydrogen) atoms. The number of carbonyl (C=O) groups excluding carboxylic acids is 1. The average Bonchev–Trinajstić information content (AvgIpc) is 2.28. The highest BCUT2D eigenvalue weighted by Crippen LogP contribution is 2.23. The third-order valence-electron chi connectivity index (χ3n) is 3.77. The molecule has 0 aromatic carbocycles. The van der Waals surface area contributed by atoms with Crippen LogP contribution in [0.2, 0.25) is 0 Å². The molecule has 0 aromatic rings. The summed E-state index contributed by atoms with van der Waals surface area (Å²) in [6.07, 6.45) is 4.26. The first-order valence-electron chi connectivity index (χ1n) is 7.17. The first-order chi connectivity index (χ1) is 8.41. The second-order valence-corrected chi connectivity index (χ2v) is 5.91. The molecule has 0 radical (unpaired) electrons. The lowest BCUT2D eigenvalue weighted by molar-refractivity contribution is 0.114. The van der Waals surface area contributed by atoms with Crippen molar-refractivity contribution in [3.05, 3.63) is 0 Å². The molecule has 0 saturated heterocycles. The Labute approximate surface area is 111 Å². The molecule has 2 N–H and O–H groups in total. The summed E-state index contributed by atoms with van der Waals surface area (Å²) in [6, 6.07) is 0.365. The van der Waals surface area contributed by atoms with E-state index in [1.165, 1.54) is 19.3 Å². The van der Waals surface area contributed by atoms with Gasteiger partial charge in [-0.25, -0.2) is 4.79 Å². The highest BCUT2D eigenvalue weighted by Gasteiger charge is 2.26. The lowest BCUT2D eigenvalue weighted by Crippen LogP contribution is -2.51. The molecule has 0 aliphatic heterocycles. The van der Waals surface area contributed by atoms with E-state index in [1.54, 1.807) is 11.8 Å². The van der Waals surface area contributed by atoms with Crippen molar-refractivity contribution in [2.45, 2.75) is 71.6 Å². The van der Waals surface area contributed by atoms with Gasteiger partial charge >= 0.3 is 6.03 Å². The molecule has 0 spiro atoms. The van der Waals surface area contributed by atoms with Crippen molar-refractivity contribution >= 4 is 6.03 Å². The number of amides is 2. The van der Waals surface area contributed by atoms with Gasteiger partial charge in [0.1, 0.15) is 0 Å². The van der Waals surface area contributed by atoms with Crippen LogP contribution in [0.1, 0.15) is 53.4 Å². The zero-order valence-electron chi connectivity index (χ0n) is 12.1. The van der Waals surface area contributed by atoms with Gasteiger partial charge in [-0.05, 0) is 39.5 Å². The van der Waals surface area contributed by atoms with E-state index in [9.17, 15) is 9.90 Å². The summed E-state index contributed by atoms with van der Waals surface area (Å²) in [7, 11) is 0. The fraction of sp³-hybridized carbons (Fsp3) is 0.929. The van der Waals surface area contributed by atoms with E-state index in [-0.39, 0.29) is 12.1 Å². The van der Waals surface area contributed by atoms with Crippen molar-refractivity contribution in [2.24, 2.45) is 5.92 Å². The minimum Gasteiger partial charge on any atom is -0.392 e. The van der Waals surface area contributed by atoms with Crippen LogP contribution in [-0.4, -0.2) is 40.8 Å². The Morgan fingerprint density at radius 2 is 1.94 bits per heavy atom. The molecule has 3 atom stereocenters. The van der Waals surface area contributed by atoms with Gasteiger partial charge in [-0.2, -0.15) is 0 Å². The maximum Gasteiger partial charge on any atom is 0.317 e. The molecule has 2 amide bonds. The van der Waals surface area contributed by atoms with E-state index < -0.39 is 6.10 Å². The summed E-state index contributed by atoms with van der Waals surface area (Å²) in [5.74, 6) is 0.559. The standard InChI is InChI=1S/C14H28N2O2/c1-10(2)16(9-12(4)17)14(18)15-13-8-6-5-7-11(13)3/h10-13,17H,5-9H2,1-4H3,(H,15,18). The smallest absolute Gasteiger partial charge is 0.317 e. The Hall–Kier alpha value is -0.770. The van der Waals surface area contributed by atoms with Crippen LogP contribution in [0.25, 0.3) is 0 Å². The average molecular weight is 256 g/mol. The van der Waals surface area contributed by atoms with Crippen LogP contribution in [0.5, 0.6) is 0 Å². The predicted molar refractivity (Wildman–Crippen MR) is 73.5 cm³/mol. The number of hydrogen-bond acceptors (Lipinski definition) is 2. The van der Waals surface area contributed by atoms with Gasteiger partial charge in [0.15, 0.2) is 0 Å². The second kappa shape index (κ2) is 6.98. The number of aliphatic hydroxyl groups is 1. The van der Waals surface area contributed by atoms with Gasteiger partial charge < -0.3 is 15.3 Å². The van der Waals surface area contributed by atoms with Crippen molar-refractivity contribution in [2.75, 3.05) is 6.54 Å². The Morgan fingerprint density at radius 3 is 2.44 bits per heavy atom. The molecular weight excluding hydrogens is 228 g/mol. The van der Waals surface area contributed by atoms with Crippen LogP contribution in [0.15, 0.2) is 0 Å². The third kappa shape index (κ3) is 4.48. The van der Waals surface area contributed by atoms with Crippen LogP contribution in [0, 0.1) is 5.92 Å². The first kappa shape index (κ1) is 15.3. The number of nitrogens with zero attached hydrogens (tertiary/aromatic N) is 1. The Kier molecular flexibility index (Phi) is 5.93. The molecule has 1 fully saturated rings. The van der Waals surface area contributed by atoms with Crippen LogP contribution in [-0.2, 0) is 0 Å². The monoisotopic (exact) mass is 256 g/mol. The molecule has 1 rings (SSSR count). The minimum absolute atomic E-state index is 0.0374. The van der Waals surface area contributed by atoms with Crippen molar-refractivity contribution < 1.29 is 9.90 Å². The topological polar surface area (TPSA) is 52.6 Å². The number of hydrogen-bond donors (Lipinski definition) is 2. The highest BCUT2D eigenvalue weighted by atomic mass is 16.3. The largest absolute Gasteiger partial charge is 0.392 e. The van der Waals surface area contributed by atoms with Crippen LogP contribution in [0.3, 0.4) is 0 Å². The van der Waals surface area contributed by atoms with E-state index in [0.717, 1.165) is 6.42 Å². The Morgan fingerprint density at radius 1 is 1.33 bits per heavy atom. The number of carbonyl (C=O) groups is 1. The summed E-state index contributed by atoms with van der Waals surface area (Å²) in [5.41, 5.74) is 0. The Balaban J connectivity index is 2.54. The van der Waals surface area contributed by atoms with Crippen molar-refractivity contribution in [1.29, 1.82) is 0 Å². The van der Waals surface area contributed by atoms with Crippen molar-refractivity contribution in [1.82, 2.24) is 10.2 Å². The third-order valence-corrected chi connectivity index (χ3v) is 3.77. The maximum absolute atomic E-state index is 12.2. The number of aliphatic hydroxyl groups excluding tert-OH is 1. The molecule has 3 unspecified atom stereocenters. The summed E-state index contributed by atoms with van der Waals surface area (Å²) in [6.45, 7) is 8.27. The molecular formula is C14H28N2O2. The molecule has 1 aliphatic rings. The summed E-state index contributed by atoms with van der Waals surface area (Å²) in [4.78, 5) is 14.0. The predicted octanol–water partition coefficient (Wildman–Crippen LogP) is 2.37. The minimum atomic E-state index is -0.484.